The molecule has 0 bridgehead atoms. The fourth-order valence-corrected chi connectivity index (χ4v) is 2.43. The minimum absolute atomic E-state index is 0.111. The third kappa shape index (κ3) is 3.29. The zero-order valence-corrected chi connectivity index (χ0v) is 11.9. The number of carboxylic acids is 1. The number of carbonyl (C=O) groups is 2. The zero-order chi connectivity index (χ0) is 14.9. The minimum Gasteiger partial charge on any atom is -0.478 e. The van der Waals surface area contributed by atoms with Crippen molar-refractivity contribution in [2.24, 2.45) is 0 Å². The Bertz CT molecular complexity index is 545. The standard InChI is InChI=1S/C15H19NO4/c1-15(2,3)20-14(19)16-10-7-9-5-4-6-11(13(17)18)12(9)8-10/h4-6,10H,7-8H2,1-3H3,(H,16,19)(H,17,18). The van der Waals surface area contributed by atoms with Gasteiger partial charge >= 0.3 is 12.1 Å². The van der Waals surface area contributed by atoms with E-state index in [1.807, 2.05) is 6.07 Å². The molecule has 5 heteroatoms. The van der Waals surface area contributed by atoms with Crippen molar-refractivity contribution in [2.75, 3.05) is 0 Å². The maximum atomic E-state index is 11.7. The molecule has 0 saturated heterocycles. The van der Waals surface area contributed by atoms with E-state index in [0.717, 1.165) is 11.1 Å². The van der Waals surface area contributed by atoms with Crippen LogP contribution in [0.4, 0.5) is 4.79 Å². The fourth-order valence-electron chi connectivity index (χ4n) is 2.43. The average molecular weight is 277 g/mol. The third-order valence-corrected chi connectivity index (χ3v) is 3.14. The van der Waals surface area contributed by atoms with Crippen LogP contribution >= 0.6 is 0 Å². The van der Waals surface area contributed by atoms with Gasteiger partial charge in [-0.1, -0.05) is 12.1 Å². The van der Waals surface area contributed by atoms with E-state index in [2.05, 4.69) is 5.32 Å². The molecule has 1 unspecified atom stereocenters. The predicted molar refractivity (Wildman–Crippen MR) is 74.0 cm³/mol. The van der Waals surface area contributed by atoms with Gasteiger partial charge in [0.1, 0.15) is 5.60 Å². The average Bonchev–Trinajstić information content (AvgIpc) is 2.67. The molecule has 0 spiro atoms. The number of alkyl carbamates (subject to hydrolysis) is 1. The highest BCUT2D eigenvalue weighted by molar-refractivity contribution is 5.90. The third-order valence-electron chi connectivity index (χ3n) is 3.14. The van der Waals surface area contributed by atoms with Gasteiger partial charge in [0.2, 0.25) is 0 Å². The van der Waals surface area contributed by atoms with E-state index in [0.29, 0.717) is 18.4 Å². The predicted octanol–water partition coefficient (Wildman–Crippen LogP) is 2.38. The quantitative estimate of drug-likeness (QED) is 0.870. The SMILES string of the molecule is CC(C)(C)OC(=O)NC1Cc2cccc(C(=O)O)c2C1. The number of aromatic carboxylic acids is 1. The molecule has 2 rings (SSSR count). The normalized spacial score (nSPS) is 17.4. The molecular weight excluding hydrogens is 258 g/mol. The second-order valence-electron chi connectivity index (χ2n) is 6.00. The molecule has 0 aliphatic heterocycles. The largest absolute Gasteiger partial charge is 0.478 e. The van der Waals surface area contributed by atoms with Crippen LogP contribution in [0.15, 0.2) is 18.2 Å². The summed E-state index contributed by atoms with van der Waals surface area (Å²) in [5, 5.41) is 12.0. The monoisotopic (exact) mass is 277 g/mol. The number of hydrogen-bond acceptors (Lipinski definition) is 3. The molecule has 0 radical (unpaired) electrons. The summed E-state index contributed by atoms with van der Waals surface area (Å²) in [6, 6.07) is 5.12. The van der Waals surface area contributed by atoms with Gasteiger partial charge < -0.3 is 15.2 Å². The molecule has 0 fully saturated rings. The first-order valence-electron chi connectivity index (χ1n) is 6.60. The van der Waals surface area contributed by atoms with E-state index < -0.39 is 17.7 Å². The van der Waals surface area contributed by atoms with Crippen molar-refractivity contribution >= 4 is 12.1 Å². The summed E-state index contributed by atoms with van der Waals surface area (Å²) in [5.74, 6) is -0.931. The lowest BCUT2D eigenvalue weighted by atomic mass is 10.0. The van der Waals surface area contributed by atoms with Crippen molar-refractivity contribution < 1.29 is 19.4 Å². The Balaban J connectivity index is 2.05. The van der Waals surface area contributed by atoms with Crippen LogP contribution in [0.2, 0.25) is 0 Å². The molecule has 1 aliphatic carbocycles. The molecule has 1 aromatic rings. The van der Waals surface area contributed by atoms with Gasteiger partial charge in [-0.2, -0.15) is 0 Å². The van der Waals surface area contributed by atoms with E-state index >= 15 is 0 Å². The Labute approximate surface area is 117 Å². The first kappa shape index (κ1) is 14.4. The first-order valence-corrected chi connectivity index (χ1v) is 6.60. The summed E-state index contributed by atoms with van der Waals surface area (Å²) in [6.07, 6.45) is 0.694. The van der Waals surface area contributed by atoms with Crippen molar-refractivity contribution in [1.82, 2.24) is 5.32 Å². The highest BCUT2D eigenvalue weighted by Gasteiger charge is 2.28. The number of hydrogen-bond donors (Lipinski definition) is 2. The van der Waals surface area contributed by atoms with Gasteiger partial charge in [-0.05, 0) is 50.8 Å². The maximum absolute atomic E-state index is 11.7. The molecule has 0 heterocycles. The molecule has 108 valence electrons. The Kier molecular flexibility index (Phi) is 3.70. The Morgan fingerprint density at radius 1 is 1.30 bits per heavy atom. The van der Waals surface area contributed by atoms with Crippen LogP contribution in [0.1, 0.15) is 42.3 Å². The number of carbonyl (C=O) groups excluding carboxylic acids is 1. The van der Waals surface area contributed by atoms with Gasteiger partial charge in [-0.3, -0.25) is 0 Å². The van der Waals surface area contributed by atoms with Gasteiger partial charge in [0.05, 0.1) is 5.56 Å². The Morgan fingerprint density at radius 2 is 2.00 bits per heavy atom. The second-order valence-corrected chi connectivity index (χ2v) is 6.00. The minimum atomic E-state index is -0.931. The first-order chi connectivity index (χ1) is 9.26. The van der Waals surface area contributed by atoms with Crippen LogP contribution in [-0.2, 0) is 17.6 Å². The van der Waals surface area contributed by atoms with Gasteiger partial charge in [0.25, 0.3) is 0 Å². The number of ether oxygens (including phenoxy) is 1. The molecule has 5 nitrogen and oxygen atoms in total. The summed E-state index contributed by atoms with van der Waals surface area (Å²) in [4.78, 5) is 22.9. The van der Waals surface area contributed by atoms with Gasteiger partial charge in [-0.25, -0.2) is 9.59 Å². The second kappa shape index (κ2) is 5.15. The Hall–Kier alpha value is -2.04. The number of rotatable bonds is 2. The van der Waals surface area contributed by atoms with E-state index in [9.17, 15) is 9.59 Å². The number of nitrogens with one attached hydrogen (secondary N) is 1. The topological polar surface area (TPSA) is 75.6 Å². The van der Waals surface area contributed by atoms with Gasteiger partial charge in [0, 0.05) is 6.04 Å². The molecule has 1 atom stereocenters. The summed E-state index contributed by atoms with van der Waals surface area (Å²) >= 11 is 0. The highest BCUT2D eigenvalue weighted by atomic mass is 16.6. The zero-order valence-electron chi connectivity index (χ0n) is 11.9. The van der Waals surface area contributed by atoms with E-state index in [1.165, 1.54) is 0 Å². The van der Waals surface area contributed by atoms with Crippen LogP contribution in [0.3, 0.4) is 0 Å². The number of benzene rings is 1. The van der Waals surface area contributed by atoms with Crippen LogP contribution < -0.4 is 5.32 Å². The molecule has 1 aromatic carbocycles. The van der Waals surface area contributed by atoms with E-state index in [1.54, 1.807) is 32.9 Å². The van der Waals surface area contributed by atoms with Crippen LogP contribution in [0.5, 0.6) is 0 Å². The Morgan fingerprint density at radius 3 is 2.60 bits per heavy atom. The highest BCUT2D eigenvalue weighted by Crippen LogP contribution is 2.26. The molecular formula is C15H19NO4. The molecule has 0 saturated carbocycles. The summed E-state index contributed by atoms with van der Waals surface area (Å²) in [5.41, 5.74) is 1.56. The maximum Gasteiger partial charge on any atom is 0.407 e. The number of carboxylic acid groups (broad SMARTS) is 1. The van der Waals surface area contributed by atoms with Crippen molar-refractivity contribution in [2.45, 2.75) is 45.3 Å². The number of fused-ring (bicyclic) bond motifs is 1. The molecule has 0 aromatic heterocycles. The van der Waals surface area contributed by atoms with Crippen molar-refractivity contribution in [1.29, 1.82) is 0 Å². The summed E-state index contributed by atoms with van der Waals surface area (Å²) in [6.45, 7) is 5.41. The number of amides is 1. The molecule has 2 N–H and O–H groups in total. The summed E-state index contributed by atoms with van der Waals surface area (Å²) in [7, 11) is 0. The summed E-state index contributed by atoms with van der Waals surface area (Å²) < 4.78 is 5.21. The van der Waals surface area contributed by atoms with Gasteiger partial charge in [0.15, 0.2) is 0 Å². The lowest BCUT2D eigenvalue weighted by Gasteiger charge is -2.21. The van der Waals surface area contributed by atoms with Crippen molar-refractivity contribution in [3.05, 3.63) is 34.9 Å². The molecule has 1 aliphatic rings. The van der Waals surface area contributed by atoms with Gasteiger partial charge in [-0.15, -0.1) is 0 Å². The fraction of sp³-hybridized carbons (Fsp3) is 0.467. The molecule has 20 heavy (non-hydrogen) atoms. The van der Waals surface area contributed by atoms with Crippen molar-refractivity contribution in [3.8, 4) is 0 Å². The van der Waals surface area contributed by atoms with Crippen LogP contribution in [-0.4, -0.2) is 28.8 Å². The lowest BCUT2D eigenvalue weighted by molar-refractivity contribution is 0.0506. The van der Waals surface area contributed by atoms with E-state index in [-0.39, 0.29) is 6.04 Å². The lowest BCUT2D eigenvalue weighted by Crippen LogP contribution is -2.39. The van der Waals surface area contributed by atoms with Crippen LogP contribution in [0.25, 0.3) is 0 Å². The van der Waals surface area contributed by atoms with Crippen LogP contribution in [0, 0.1) is 0 Å². The van der Waals surface area contributed by atoms with Crippen molar-refractivity contribution in [3.63, 3.8) is 0 Å². The smallest absolute Gasteiger partial charge is 0.407 e. The molecule has 1 amide bonds. The van der Waals surface area contributed by atoms with E-state index in [4.69, 9.17) is 9.84 Å².